The van der Waals surface area contributed by atoms with E-state index in [0.717, 1.165) is 29.2 Å². The summed E-state index contributed by atoms with van der Waals surface area (Å²) in [4.78, 5) is 0. The normalized spacial score (nSPS) is 43.8. The maximum Gasteiger partial charge on any atom is 0.100 e. The van der Waals surface area contributed by atoms with Gasteiger partial charge in [0.25, 0.3) is 0 Å². The molecular weight excluding hydrogens is 275 g/mol. The van der Waals surface area contributed by atoms with E-state index in [1.165, 1.54) is 30.6 Å². The van der Waals surface area contributed by atoms with Gasteiger partial charge in [-0.25, -0.2) is 0 Å². The van der Waals surface area contributed by atoms with Crippen molar-refractivity contribution in [1.82, 2.24) is 0 Å². The van der Waals surface area contributed by atoms with Crippen molar-refractivity contribution in [2.45, 2.75) is 25.4 Å². The number of aliphatic hydroxyl groups is 1. The highest BCUT2D eigenvalue weighted by atomic mass is 35.5. The summed E-state index contributed by atoms with van der Waals surface area (Å²) in [6.07, 6.45) is 3.79. The molecule has 0 saturated heterocycles. The Balaban J connectivity index is 1.59. The molecule has 4 heteroatoms. The van der Waals surface area contributed by atoms with Gasteiger partial charge < -0.3 is 5.11 Å². The molecule has 0 aliphatic heterocycles. The predicted octanol–water partition coefficient (Wildman–Crippen LogP) is 4.38. The number of hydrogen-bond acceptors (Lipinski definition) is 2. The van der Waals surface area contributed by atoms with Gasteiger partial charge in [0.2, 0.25) is 0 Å². The molecule has 0 radical (unpaired) electrons. The van der Waals surface area contributed by atoms with E-state index in [2.05, 4.69) is 0 Å². The van der Waals surface area contributed by atoms with Gasteiger partial charge in [0, 0.05) is 5.56 Å². The summed E-state index contributed by atoms with van der Waals surface area (Å²) in [7, 11) is 0. The van der Waals surface area contributed by atoms with Crippen LogP contribution in [0, 0.1) is 29.6 Å². The monoisotopic (exact) mass is 288 g/mol. The van der Waals surface area contributed by atoms with Crippen molar-refractivity contribution in [3.8, 4) is 0 Å². The molecular formula is C13H14Cl2OS. The molecule has 1 aromatic rings. The lowest BCUT2D eigenvalue weighted by Crippen LogP contribution is -2.07. The molecule has 3 fully saturated rings. The third-order valence-electron chi connectivity index (χ3n) is 5.16. The fourth-order valence-electron chi connectivity index (χ4n) is 4.58. The van der Waals surface area contributed by atoms with Crippen LogP contribution in [0.5, 0.6) is 0 Å². The summed E-state index contributed by atoms with van der Waals surface area (Å²) >= 11 is 13.4. The molecule has 1 heterocycles. The van der Waals surface area contributed by atoms with Crippen LogP contribution in [0.2, 0.25) is 8.67 Å². The predicted molar refractivity (Wildman–Crippen MR) is 70.6 cm³/mol. The van der Waals surface area contributed by atoms with Gasteiger partial charge in [0.05, 0.1) is 10.4 Å². The largest absolute Gasteiger partial charge is 0.388 e. The first-order valence-corrected chi connectivity index (χ1v) is 7.87. The molecule has 4 rings (SSSR count). The topological polar surface area (TPSA) is 20.2 Å². The number of aliphatic hydroxyl groups excluding tert-OH is 1. The van der Waals surface area contributed by atoms with Gasteiger partial charge in [-0.05, 0) is 54.9 Å². The zero-order valence-corrected chi connectivity index (χ0v) is 11.6. The summed E-state index contributed by atoms with van der Waals surface area (Å²) in [5.74, 6) is 3.79. The van der Waals surface area contributed by atoms with Crippen molar-refractivity contribution in [2.24, 2.45) is 29.6 Å². The summed E-state index contributed by atoms with van der Waals surface area (Å²) in [5, 5.41) is 10.5. The molecule has 5 atom stereocenters. The molecule has 0 spiro atoms. The van der Waals surface area contributed by atoms with Crippen molar-refractivity contribution in [1.29, 1.82) is 0 Å². The van der Waals surface area contributed by atoms with Gasteiger partial charge in [-0.1, -0.05) is 23.2 Å². The van der Waals surface area contributed by atoms with Crippen LogP contribution in [0.25, 0.3) is 0 Å². The van der Waals surface area contributed by atoms with Gasteiger partial charge in [0.15, 0.2) is 0 Å². The lowest BCUT2D eigenvalue weighted by Gasteiger charge is -2.14. The molecule has 17 heavy (non-hydrogen) atoms. The van der Waals surface area contributed by atoms with Crippen LogP contribution < -0.4 is 0 Å². The Labute approximate surface area is 115 Å². The molecule has 5 unspecified atom stereocenters. The second-order valence-corrected chi connectivity index (χ2v) is 8.08. The summed E-state index contributed by atoms with van der Waals surface area (Å²) in [6, 6.07) is 1.84. The Morgan fingerprint density at radius 2 is 1.88 bits per heavy atom. The first kappa shape index (κ1) is 11.1. The average molecular weight is 289 g/mol. The molecule has 2 bridgehead atoms. The minimum atomic E-state index is -0.385. The van der Waals surface area contributed by atoms with E-state index in [0.29, 0.717) is 14.6 Å². The van der Waals surface area contributed by atoms with Crippen molar-refractivity contribution >= 4 is 34.5 Å². The van der Waals surface area contributed by atoms with Gasteiger partial charge >= 0.3 is 0 Å². The van der Waals surface area contributed by atoms with Crippen LogP contribution in [-0.4, -0.2) is 5.11 Å². The fraction of sp³-hybridized carbons (Fsp3) is 0.692. The van der Waals surface area contributed by atoms with Crippen molar-refractivity contribution in [3.05, 3.63) is 20.3 Å². The zero-order chi connectivity index (χ0) is 11.7. The third-order valence-corrected chi connectivity index (χ3v) is 6.68. The van der Waals surface area contributed by atoms with Gasteiger partial charge in [-0.2, -0.15) is 0 Å². The van der Waals surface area contributed by atoms with Crippen LogP contribution in [-0.2, 0) is 0 Å². The molecule has 92 valence electrons. The highest BCUT2D eigenvalue weighted by Crippen LogP contribution is 2.72. The fourth-order valence-corrected chi connectivity index (χ4v) is 6.11. The molecule has 3 aliphatic carbocycles. The standard InChI is InChI=1S/C13H14Cl2OS/c14-8-4-7(13(15)17-8)12(16)11-9-5-1-2-6(3-5)10(9)11/h4-6,9-12,16H,1-3H2. The second-order valence-electron chi connectivity index (χ2n) is 5.79. The Hall–Kier alpha value is 0.240. The first-order valence-electron chi connectivity index (χ1n) is 6.29. The molecule has 0 amide bonds. The molecule has 1 aromatic heterocycles. The highest BCUT2D eigenvalue weighted by Gasteiger charge is 2.66. The molecule has 0 aromatic carbocycles. The van der Waals surface area contributed by atoms with E-state index < -0.39 is 0 Å². The third kappa shape index (κ3) is 1.48. The summed E-state index contributed by atoms with van der Waals surface area (Å²) < 4.78 is 1.35. The SMILES string of the molecule is OC(c1cc(Cl)sc1Cl)C1C2C3CCC(C3)C21. The molecule has 3 aliphatic rings. The van der Waals surface area contributed by atoms with E-state index in [1.807, 2.05) is 6.07 Å². The van der Waals surface area contributed by atoms with Crippen LogP contribution in [0.4, 0.5) is 0 Å². The Bertz CT molecular complexity index is 456. The van der Waals surface area contributed by atoms with Crippen molar-refractivity contribution in [3.63, 3.8) is 0 Å². The highest BCUT2D eigenvalue weighted by molar-refractivity contribution is 7.20. The lowest BCUT2D eigenvalue weighted by atomic mass is 9.96. The Kier molecular flexibility index (Phi) is 2.37. The minimum Gasteiger partial charge on any atom is -0.388 e. The lowest BCUT2D eigenvalue weighted by molar-refractivity contribution is 0.130. The zero-order valence-electron chi connectivity index (χ0n) is 9.27. The van der Waals surface area contributed by atoms with Crippen molar-refractivity contribution in [2.75, 3.05) is 0 Å². The number of fused-ring (bicyclic) bond motifs is 5. The van der Waals surface area contributed by atoms with E-state index in [9.17, 15) is 5.11 Å². The number of halogens is 2. The smallest absolute Gasteiger partial charge is 0.100 e. The minimum absolute atomic E-state index is 0.385. The van der Waals surface area contributed by atoms with E-state index in [1.54, 1.807) is 0 Å². The number of thiophene rings is 1. The van der Waals surface area contributed by atoms with Crippen LogP contribution >= 0.6 is 34.5 Å². The number of rotatable bonds is 2. The van der Waals surface area contributed by atoms with Crippen LogP contribution in [0.3, 0.4) is 0 Å². The summed E-state index contributed by atoms with van der Waals surface area (Å²) in [6.45, 7) is 0. The van der Waals surface area contributed by atoms with Crippen LogP contribution in [0.1, 0.15) is 30.9 Å². The first-order chi connectivity index (χ1) is 8.16. The number of hydrogen-bond donors (Lipinski definition) is 1. The summed E-state index contributed by atoms with van der Waals surface area (Å²) in [5.41, 5.74) is 0.862. The molecule has 1 nitrogen and oxygen atoms in total. The van der Waals surface area contributed by atoms with Gasteiger partial charge in [-0.15, -0.1) is 11.3 Å². The Morgan fingerprint density at radius 1 is 1.24 bits per heavy atom. The van der Waals surface area contributed by atoms with E-state index in [-0.39, 0.29) is 6.10 Å². The quantitative estimate of drug-likeness (QED) is 0.856. The van der Waals surface area contributed by atoms with E-state index in [4.69, 9.17) is 23.2 Å². The molecule has 1 N–H and O–H groups in total. The van der Waals surface area contributed by atoms with Crippen molar-refractivity contribution < 1.29 is 5.11 Å². The second kappa shape index (κ2) is 3.63. The maximum absolute atomic E-state index is 10.5. The van der Waals surface area contributed by atoms with Gasteiger partial charge in [0.1, 0.15) is 4.34 Å². The average Bonchev–Trinajstić information content (AvgIpc) is 2.59. The van der Waals surface area contributed by atoms with E-state index >= 15 is 0 Å². The van der Waals surface area contributed by atoms with Crippen LogP contribution in [0.15, 0.2) is 6.07 Å². The Morgan fingerprint density at radius 3 is 2.41 bits per heavy atom. The molecule has 3 saturated carbocycles. The maximum atomic E-state index is 10.5. The van der Waals surface area contributed by atoms with Gasteiger partial charge in [-0.3, -0.25) is 0 Å².